The third-order valence-electron chi connectivity index (χ3n) is 5.07. The van der Waals surface area contributed by atoms with E-state index in [-0.39, 0.29) is 24.8 Å². The van der Waals surface area contributed by atoms with Crippen molar-refractivity contribution in [3.63, 3.8) is 0 Å². The van der Waals surface area contributed by atoms with Crippen LogP contribution in [0.2, 0.25) is 0 Å². The van der Waals surface area contributed by atoms with Gasteiger partial charge in [0.2, 0.25) is 0 Å². The summed E-state index contributed by atoms with van der Waals surface area (Å²) < 4.78 is 11.4. The number of esters is 2. The summed E-state index contributed by atoms with van der Waals surface area (Å²) in [6.07, 6.45) is 16.4. The molecular formula is C25H39BrO4. The molecule has 30 heavy (non-hydrogen) atoms. The fourth-order valence-corrected chi connectivity index (χ4v) is 3.53. The molecule has 1 rings (SSSR count). The lowest BCUT2D eigenvalue weighted by atomic mass is 10.1. The zero-order valence-corrected chi connectivity index (χ0v) is 20.2. The first-order valence-electron chi connectivity index (χ1n) is 11.7. The molecule has 1 aromatic rings. The number of benzene rings is 1. The van der Waals surface area contributed by atoms with Crippen molar-refractivity contribution in [3.05, 3.63) is 28.7 Å². The van der Waals surface area contributed by atoms with E-state index in [9.17, 15) is 9.59 Å². The minimum atomic E-state index is -0.328. The van der Waals surface area contributed by atoms with E-state index in [0.717, 1.165) is 17.3 Å². The highest BCUT2D eigenvalue weighted by Gasteiger charge is 2.08. The van der Waals surface area contributed by atoms with Crippen LogP contribution in [0.15, 0.2) is 28.7 Å². The molecule has 0 saturated carbocycles. The van der Waals surface area contributed by atoms with Gasteiger partial charge in [0.15, 0.2) is 0 Å². The average Bonchev–Trinajstić information content (AvgIpc) is 2.73. The normalized spacial score (nSPS) is 10.7. The van der Waals surface area contributed by atoms with E-state index in [0.29, 0.717) is 18.8 Å². The van der Waals surface area contributed by atoms with Gasteiger partial charge in [0, 0.05) is 17.3 Å². The average molecular weight is 483 g/mol. The summed E-state index contributed by atoms with van der Waals surface area (Å²) in [6, 6.07) is 7.08. The van der Waals surface area contributed by atoms with Crippen molar-refractivity contribution < 1.29 is 19.1 Å². The van der Waals surface area contributed by atoms with Crippen LogP contribution in [0.1, 0.15) is 103 Å². The first-order valence-corrected chi connectivity index (χ1v) is 12.5. The van der Waals surface area contributed by atoms with Crippen molar-refractivity contribution in [2.75, 3.05) is 6.61 Å². The summed E-state index contributed by atoms with van der Waals surface area (Å²) in [4.78, 5) is 23.5. The maximum atomic E-state index is 11.8. The predicted molar refractivity (Wildman–Crippen MR) is 126 cm³/mol. The third-order valence-corrected chi connectivity index (χ3v) is 5.60. The molecule has 0 aliphatic carbocycles. The number of halogens is 1. The van der Waals surface area contributed by atoms with Crippen LogP contribution in [0, 0.1) is 0 Å². The zero-order chi connectivity index (χ0) is 21.9. The monoisotopic (exact) mass is 482 g/mol. The predicted octanol–water partition coefficient (Wildman–Crippen LogP) is 7.77. The van der Waals surface area contributed by atoms with Crippen molar-refractivity contribution in [3.8, 4) is 5.75 Å². The second-order valence-electron chi connectivity index (χ2n) is 7.89. The molecule has 0 N–H and O–H groups in total. The van der Waals surface area contributed by atoms with E-state index in [4.69, 9.17) is 9.47 Å². The highest BCUT2D eigenvalue weighted by atomic mass is 79.9. The van der Waals surface area contributed by atoms with Gasteiger partial charge < -0.3 is 9.47 Å². The smallest absolute Gasteiger partial charge is 0.311 e. The summed E-state index contributed by atoms with van der Waals surface area (Å²) >= 11 is 3.33. The molecule has 0 aliphatic heterocycles. The van der Waals surface area contributed by atoms with E-state index in [1.807, 2.05) is 12.1 Å². The molecule has 5 heteroatoms. The van der Waals surface area contributed by atoms with Crippen LogP contribution < -0.4 is 4.74 Å². The zero-order valence-electron chi connectivity index (χ0n) is 18.6. The molecule has 0 saturated heterocycles. The fourth-order valence-electron chi connectivity index (χ4n) is 3.26. The molecule has 0 amide bonds. The minimum absolute atomic E-state index is 0.212. The fraction of sp³-hybridized carbons (Fsp3) is 0.680. The first kappa shape index (κ1) is 26.7. The Morgan fingerprint density at radius 2 is 1.20 bits per heavy atom. The summed E-state index contributed by atoms with van der Waals surface area (Å²) in [5.41, 5.74) is 0. The maximum Gasteiger partial charge on any atom is 0.311 e. The number of hydrogen-bond acceptors (Lipinski definition) is 4. The molecular weight excluding hydrogens is 444 g/mol. The molecule has 0 heterocycles. The van der Waals surface area contributed by atoms with E-state index in [2.05, 4.69) is 22.9 Å². The summed E-state index contributed by atoms with van der Waals surface area (Å²) in [7, 11) is 0. The van der Waals surface area contributed by atoms with Gasteiger partial charge in [-0.15, -0.1) is 0 Å². The highest BCUT2D eigenvalue weighted by molar-refractivity contribution is 9.10. The van der Waals surface area contributed by atoms with Gasteiger partial charge in [-0.1, -0.05) is 93.5 Å². The van der Waals surface area contributed by atoms with Gasteiger partial charge in [0.05, 0.1) is 6.61 Å². The van der Waals surface area contributed by atoms with Gasteiger partial charge in [-0.2, -0.15) is 0 Å². The number of hydrogen-bond donors (Lipinski definition) is 0. The SMILES string of the molecule is CCCCCCCCCCCCCCOC(=O)CCCC(=O)Oc1ccc(Br)cc1. The van der Waals surface area contributed by atoms with Crippen LogP contribution in [0.4, 0.5) is 0 Å². The Balaban J connectivity index is 1.87. The van der Waals surface area contributed by atoms with Crippen molar-refractivity contribution in [2.45, 2.75) is 103 Å². The standard InChI is InChI=1S/C25H39BrO4/c1-2-3-4-5-6-7-8-9-10-11-12-13-21-29-24(27)15-14-16-25(28)30-23-19-17-22(26)18-20-23/h17-20H,2-16,21H2,1H3. The molecule has 170 valence electrons. The van der Waals surface area contributed by atoms with Gasteiger partial charge >= 0.3 is 11.9 Å². The maximum absolute atomic E-state index is 11.8. The Kier molecular flexibility index (Phi) is 16.4. The summed E-state index contributed by atoms with van der Waals surface area (Å²) in [5, 5.41) is 0. The molecule has 0 radical (unpaired) electrons. The van der Waals surface area contributed by atoms with Crippen LogP contribution >= 0.6 is 15.9 Å². The first-order chi connectivity index (χ1) is 14.6. The van der Waals surface area contributed by atoms with E-state index >= 15 is 0 Å². The molecule has 0 atom stereocenters. The molecule has 0 bridgehead atoms. The Labute approximate surface area is 191 Å². The molecule has 0 unspecified atom stereocenters. The molecule has 0 aliphatic rings. The molecule has 0 spiro atoms. The Morgan fingerprint density at radius 1 is 0.700 bits per heavy atom. The van der Waals surface area contributed by atoms with Gasteiger partial charge in [0.25, 0.3) is 0 Å². The van der Waals surface area contributed by atoms with Crippen LogP contribution in [0.5, 0.6) is 5.75 Å². The molecule has 4 nitrogen and oxygen atoms in total. The number of rotatable bonds is 18. The van der Waals surface area contributed by atoms with E-state index in [1.54, 1.807) is 12.1 Å². The molecule has 0 fully saturated rings. The minimum Gasteiger partial charge on any atom is -0.466 e. The van der Waals surface area contributed by atoms with Crippen LogP contribution in [0.25, 0.3) is 0 Å². The topological polar surface area (TPSA) is 52.6 Å². The lowest BCUT2D eigenvalue weighted by Gasteiger charge is -2.06. The highest BCUT2D eigenvalue weighted by Crippen LogP contribution is 2.17. The lowest BCUT2D eigenvalue weighted by Crippen LogP contribution is -2.10. The van der Waals surface area contributed by atoms with Crippen LogP contribution in [-0.2, 0) is 14.3 Å². The van der Waals surface area contributed by atoms with Crippen molar-refractivity contribution in [1.29, 1.82) is 0 Å². The molecule has 0 aromatic heterocycles. The Morgan fingerprint density at radius 3 is 1.77 bits per heavy atom. The third kappa shape index (κ3) is 15.5. The van der Waals surface area contributed by atoms with Gasteiger partial charge in [-0.3, -0.25) is 9.59 Å². The van der Waals surface area contributed by atoms with E-state index in [1.165, 1.54) is 64.2 Å². The number of carbonyl (C=O) groups is 2. The lowest BCUT2D eigenvalue weighted by molar-refractivity contribution is -0.144. The van der Waals surface area contributed by atoms with Gasteiger partial charge in [0.1, 0.15) is 5.75 Å². The van der Waals surface area contributed by atoms with Gasteiger partial charge in [-0.25, -0.2) is 0 Å². The summed E-state index contributed by atoms with van der Waals surface area (Å²) in [6.45, 7) is 2.74. The van der Waals surface area contributed by atoms with Crippen molar-refractivity contribution in [1.82, 2.24) is 0 Å². The van der Waals surface area contributed by atoms with Gasteiger partial charge in [-0.05, 0) is 37.1 Å². The quantitative estimate of drug-likeness (QED) is 0.122. The summed E-state index contributed by atoms with van der Waals surface area (Å²) in [5.74, 6) is -0.0432. The molecule has 1 aromatic carbocycles. The van der Waals surface area contributed by atoms with Crippen molar-refractivity contribution >= 4 is 27.9 Å². The van der Waals surface area contributed by atoms with Crippen molar-refractivity contribution in [2.24, 2.45) is 0 Å². The van der Waals surface area contributed by atoms with E-state index < -0.39 is 0 Å². The van der Waals surface area contributed by atoms with Crippen LogP contribution in [-0.4, -0.2) is 18.5 Å². The number of ether oxygens (including phenoxy) is 2. The Bertz CT molecular complexity index is 571. The Hall–Kier alpha value is -1.36. The number of carbonyl (C=O) groups excluding carboxylic acids is 2. The second-order valence-corrected chi connectivity index (χ2v) is 8.81. The van der Waals surface area contributed by atoms with Crippen LogP contribution in [0.3, 0.4) is 0 Å². The largest absolute Gasteiger partial charge is 0.466 e. The number of unbranched alkanes of at least 4 members (excludes halogenated alkanes) is 11. The second kappa shape index (κ2) is 18.4.